The standard InChI is InChI=1S/C24H24ClN3O4S/c1-24(2,3)23(30)27-18-10-7-9-17(15-18)26-22(29)16-8-6-11-19(14-16)33(31,32)28-21-13-5-4-12-20(21)25/h4-15,28H,1-3H3,(H,26,29)(H,27,30). The van der Waals surface area contributed by atoms with Gasteiger partial charge in [-0.05, 0) is 48.5 Å². The fourth-order valence-electron chi connectivity index (χ4n) is 2.75. The molecule has 33 heavy (non-hydrogen) atoms. The zero-order valence-corrected chi connectivity index (χ0v) is 19.9. The van der Waals surface area contributed by atoms with Crippen LogP contribution in [0.1, 0.15) is 31.1 Å². The van der Waals surface area contributed by atoms with Crippen molar-refractivity contribution >= 4 is 50.5 Å². The number of hydrogen-bond acceptors (Lipinski definition) is 4. The quantitative estimate of drug-likeness (QED) is 0.436. The lowest BCUT2D eigenvalue weighted by molar-refractivity contribution is -0.123. The molecule has 0 bridgehead atoms. The normalized spacial score (nSPS) is 11.5. The first-order valence-electron chi connectivity index (χ1n) is 10.1. The molecule has 9 heteroatoms. The summed E-state index contributed by atoms with van der Waals surface area (Å²) >= 11 is 6.04. The number of para-hydroxylation sites is 1. The van der Waals surface area contributed by atoms with Gasteiger partial charge in [-0.25, -0.2) is 8.42 Å². The van der Waals surface area contributed by atoms with Gasteiger partial charge in [-0.15, -0.1) is 0 Å². The summed E-state index contributed by atoms with van der Waals surface area (Å²) in [4.78, 5) is 24.9. The Morgan fingerprint density at radius 1 is 0.818 bits per heavy atom. The smallest absolute Gasteiger partial charge is 0.261 e. The van der Waals surface area contributed by atoms with Gasteiger partial charge in [0.2, 0.25) is 5.91 Å². The van der Waals surface area contributed by atoms with Gasteiger partial charge in [0.25, 0.3) is 15.9 Å². The van der Waals surface area contributed by atoms with Crippen LogP contribution in [0, 0.1) is 5.41 Å². The molecule has 0 spiro atoms. The molecule has 0 heterocycles. The minimum Gasteiger partial charge on any atom is -0.326 e. The summed E-state index contributed by atoms with van der Waals surface area (Å²) < 4.78 is 28.0. The Balaban J connectivity index is 1.77. The molecule has 0 aliphatic carbocycles. The zero-order chi connectivity index (χ0) is 24.2. The van der Waals surface area contributed by atoms with Crippen LogP contribution in [0.15, 0.2) is 77.7 Å². The average Bonchev–Trinajstić information content (AvgIpc) is 2.75. The van der Waals surface area contributed by atoms with Crippen molar-refractivity contribution in [3.05, 3.63) is 83.4 Å². The lowest BCUT2D eigenvalue weighted by Gasteiger charge is -2.18. The summed E-state index contributed by atoms with van der Waals surface area (Å²) in [6.45, 7) is 5.40. The third kappa shape index (κ3) is 6.34. The number of amides is 2. The van der Waals surface area contributed by atoms with Gasteiger partial charge >= 0.3 is 0 Å². The Kier molecular flexibility index (Phi) is 7.09. The Hall–Kier alpha value is -3.36. The number of halogens is 1. The van der Waals surface area contributed by atoms with Crippen molar-refractivity contribution in [2.75, 3.05) is 15.4 Å². The molecule has 3 aromatic rings. The molecule has 2 amide bonds. The second kappa shape index (κ2) is 9.64. The molecule has 0 atom stereocenters. The van der Waals surface area contributed by atoms with E-state index in [-0.39, 0.29) is 27.1 Å². The van der Waals surface area contributed by atoms with Gasteiger partial charge in [0.15, 0.2) is 0 Å². The third-order valence-corrected chi connectivity index (χ3v) is 6.28. The van der Waals surface area contributed by atoms with Gasteiger partial charge < -0.3 is 10.6 Å². The Morgan fingerprint density at radius 2 is 1.45 bits per heavy atom. The van der Waals surface area contributed by atoms with Crippen LogP contribution < -0.4 is 15.4 Å². The highest BCUT2D eigenvalue weighted by molar-refractivity contribution is 7.92. The molecule has 3 N–H and O–H groups in total. The van der Waals surface area contributed by atoms with Gasteiger partial charge in [0, 0.05) is 22.4 Å². The molecular weight excluding hydrogens is 462 g/mol. The number of carbonyl (C=O) groups excluding carboxylic acids is 2. The second-order valence-corrected chi connectivity index (χ2v) is 10.4. The van der Waals surface area contributed by atoms with Crippen LogP contribution in [0.5, 0.6) is 0 Å². The monoisotopic (exact) mass is 485 g/mol. The number of nitrogens with one attached hydrogen (secondary N) is 3. The second-order valence-electron chi connectivity index (χ2n) is 8.35. The van der Waals surface area contributed by atoms with E-state index in [0.29, 0.717) is 11.4 Å². The first-order valence-corrected chi connectivity index (χ1v) is 11.9. The zero-order valence-electron chi connectivity index (χ0n) is 18.3. The van der Waals surface area contributed by atoms with E-state index >= 15 is 0 Å². The highest BCUT2D eigenvalue weighted by Crippen LogP contribution is 2.25. The summed E-state index contributed by atoms with van der Waals surface area (Å²) in [5.41, 5.74) is 0.815. The van der Waals surface area contributed by atoms with Crippen molar-refractivity contribution in [2.45, 2.75) is 25.7 Å². The fourth-order valence-corrected chi connectivity index (χ4v) is 4.11. The van der Waals surface area contributed by atoms with E-state index in [0.717, 1.165) is 0 Å². The van der Waals surface area contributed by atoms with Gasteiger partial charge in [0.1, 0.15) is 0 Å². The van der Waals surface area contributed by atoms with E-state index in [2.05, 4.69) is 15.4 Å². The van der Waals surface area contributed by atoms with Gasteiger partial charge in [-0.2, -0.15) is 0 Å². The molecule has 0 radical (unpaired) electrons. The molecular formula is C24H24ClN3O4S. The maximum Gasteiger partial charge on any atom is 0.261 e. The molecule has 0 aromatic heterocycles. The number of carbonyl (C=O) groups is 2. The summed E-state index contributed by atoms with van der Waals surface area (Å²) in [7, 11) is -3.96. The number of benzene rings is 3. The molecule has 0 fully saturated rings. The number of hydrogen-bond donors (Lipinski definition) is 3. The summed E-state index contributed by atoms with van der Waals surface area (Å²) in [5, 5.41) is 5.78. The van der Waals surface area contributed by atoms with Crippen LogP contribution in [0.3, 0.4) is 0 Å². The van der Waals surface area contributed by atoms with Crippen LogP contribution in [-0.2, 0) is 14.8 Å². The van der Waals surface area contributed by atoms with Crippen molar-refractivity contribution in [3.63, 3.8) is 0 Å². The molecule has 3 aromatic carbocycles. The van der Waals surface area contributed by atoms with E-state index in [1.165, 1.54) is 24.3 Å². The predicted molar refractivity (Wildman–Crippen MR) is 131 cm³/mol. The Bertz CT molecular complexity index is 1300. The molecule has 0 saturated heterocycles. The van der Waals surface area contributed by atoms with Crippen LogP contribution in [-0.4, -0.2) is 20.2 Å². The molecule has 7 nitrogen and oxygen atoms in total. The van der Waals surface area contributed by atoms with E-state index in [4.69, 9.17) is 11.6 Å². The first-order chi connectivity index (χ1) is 15.5. The molecule has 0 aliphatic rings. The molecule has 0 aliphatic heterocycles. The Morgan fingerprint density at radius 3 is 2.12 bits per heavy atom. The van der Waals surface area contributed by atoms with Gasteiger partial charge in [-0.3, -0.25) is 14.3 Å². The van der Waals surface area contributed by atoms with Crippen molar-refractivity contribution in [1.29, 1.82) is 0 Å². The molecule has 3 rings (SSSR count). The topological polar surface area (TPSA) is 104 Å². The highest BCUT2D eigenvalue weighted by atomic mass is 35.5. The summed E-state index contributed by atoms with van der Waals surface area (Å²) in [5.74, 6) is -0.654. The molecule has 0 unspecified atom stereocenters. The van der Waals surface area contributed by atoms with Gasteiger partial charge in [-0.1, -0.05) is 56.6 Å². The number of anilines is 3. The maximum atomic E-state index is 12.8. The van der Waals surface area contributed by atoms with E-state index in [1.54, 1.807) is 69.3 Å². The Labute approximate surface area is 198 Å². The van der Waals surface area contributed by atoms with Crippen LogP contribution in [0.4, 0.5) is 17.1 Å². The van der Waals surface area contributed by atoms with E-state index in [1.807, 2.05) is 0 Å². The molecule has 172 valence electrons. The van der Waals surface area contributed by atoms with Crippen LogP contribution >= 0.6 is 11.6 Å². The number of rotatable bonds is 6. The molecule has 0 saturated carbocycles. The minimum atomic E-state index is -3.96. The van der Waals surface area contributed by atoms with Crippen molar-refractivity contribution in [3.8, 4) is 0 Å². The van der Waals surface area contributed by atoms with Crippen molar-refractivity contribution in [2.24, 2.45) is 5.41 Å². The lowest BCUT2D eigenvalue weighted by Crippen LogP contribution is -2.27. The third-order valence-electron chi connectivity index (χ3n) is 4.58. The summed E-state index contributed by atoms with van der Waals surface area (Å²) in [6, 6.07) is 18.8. The average molecular weight is 486 g/mol. The predicted octanol–water partition coefficient (Wildman–Crippen LogP) is 5.38. The van der Waals surface area contributed by atoms with E-state index < -0.39 is 21.3 Å². The van der Waals surface area contributed by atoms with E-state index in [9.17, 15) is 18.0 Å². The largest absolute Gasteiger partial charge is 0.326 e. The fraction of sp³-hybridized carbons (Fsp3) is 0.167. The minimum absolute atomic E-state index is 0.0822. The van der Waals surface area contributed by atoms with Gasteiger partial charge in [0.05, 0.1) is 15.6 Å². The highest BCUT2D eigenvalue weighted by Gasteiger charge is 2.21. The maximum absolute atomic E-state index is 12.8. The SMILES string of the molecule is CC(C)(C)C(=O)Nc1cccc(NC(=O)c2cccc(S(=O)(=O)Nc3ccccc3Cl)c2)c1. The van der Waals surface area contributed by atoms with Crippen molar-refractivity contribution < 1.29 is 18.0 Å². The van der Waals surface area contributed by atoms with Crippen LogP contribution in [0.2, 0.25) is 5.02 Å². The van der Waals surface area contributed by atoms with Crippen LogP contribution in [0.25, 0.3) is 0 Å². The number of sulfonamides is 1. The lowest BCUT2D eigenvalue weighted by atomic mass is 9.95. The summed E-state index contributed by atoms with van der Waals surface area (Å²) in [6.07, 6.45) is 0. The first kappa shape index (κ1) is 24.3. The van der Waals surface area contributed by atoms with Crippen molar-refractivity contribution in [1.82, 2.24) is 0 Å².